The second-order valence-electron chi connectivity index (χ2n) is 5.27. The second-order valence-corrected chi connectivity index (χ2v) is 5.27. The molecule has 3 rings (SSSR count). The Morgan fingerprint density at radius 3 is 2.68 bits per heavy atom. The molecule has 1 amide bonds. The first-order valence-electron chi connectivity index (χ1n) is 7.01. The van der Waals surface area contributed by atoms with Gasteiger partial charge in [0.25, 0.3) is 5.91 Å². The molecule has 1 unspecified atom stereocenters. The molecule has 1 N–H and O–H groups in total. The van der Waals surface area contributed by atoms with Crippen molar-refractivity contribution in [3.63, 3.8) is 0 Å². The van der Waals surface area contributed by atoms with E-state index in [0.717, 1.165) is 24.0 Å². The van der Waals surface area contributed by atoms with Crippen molar-refractivity contribution in [3.8, 4) is 0 Å². The summed E-state index contributed by atoms with van der Waals surface area (Å²) in [6.07, 6.45) is 3.46. The Kier molecular flexibility index (Phi) is 3.89. The van der Waals surface area contributed by atoms with E-state index in [-0.39, 0.29) is 11.6 Å². The number of carbonyl (C=O) groups is 1. The van der Waals surface area contributed by atoms with Crippen molar-refractivity contribution in [1.29, 1.82) is 0 Å². The lowest BCUT2D eigenvalue weighted by atomic mass is 10.1. The topological polar surface area (TPSA) is 50.2 Å². The van der Waals surface area contributed by atoms with Crippen molar-refractivity contribution < 1.29 is 13.6 Å². The Hall–Kier alpha value is -2.28. The highest BCUT2D eigenvalue weighted by Gasteiger charge is 2.31. The van der Waals surface area contributed by atoms with Crippen LogP contribution in [-0.2, 0) is 7.05 Å². The van der Waals surface area contributed by atoms with Crippen molar-refractivity contribution in [2.24, 2.45) is 7.05 Å². The lowest BCUT2D eigenvalue weighted by Gasteiger charge is -2.35. The van der Waals surface area contributed by atoms with Gasteiger partial charge < -0.3 is 14.8 Å². The van der Waals surface area contributed by atoms with Crippen LogP contribution in [0.5, 0.6) is 0 Å². The average molecular weight is 306 g/mol. The molecule has 2 aromatic rings. The molecule has 1 fully saturated rings. The highest BCUT2D eigenvalue weighted by atomic mass is 19.1. The van der Waals surface area contributed by atoms with E-state index < -0.39 is 17.5 Å². The van der Waals surface area contributed by atoms with Gasteiger partial charge in [0.1, 0.15) is 23.5 Å². The smallest absolute Gasteiger partial charge is 0.254 e. The molecular formula is C15H16F2N4O. The minimum absolute atomic E-state index is 0.0126. The van der Waals surface area contributed by atoms with Crippen LogP contribution in [0.4, 0.5) is 8.78 Å². The van der Waals surface area contributed by atoms with E-state index in [1.54, 1.807) is 17.3 Å². The fourth-order valence-electron chi connectivity index (χ4n) is 2.72. The van der Waals surface area contributed by atoms with Crippen molar-refractivity contribution in [2.45, 2.75) is 6.04 Å². The molecule has 1 saturated heterocycles. The number of nitrogens with one attached hydrogen (secondary N) is 1. The number of halogens is 2. The fraction of sp³-hybridized carbons (Fsp3) is 0.333. The van der Waals surface area contributed by atoms with Gasteiger partial charge >= 0.3 is 0 Å². The van der Waals surface area contributed by atoms with Gasteiger partial charge in [-0.15, -0.1) is 0 Å². The van der Waals surface area contributed by atoms with Crippen LogP contribution in [-0.4, -0.2) is 40.0 Å². The zero-order valence-electron chi connectivity index (χ0n) is 12.1. The molecule has 22 heavy (non-hydrogen) atoms. The van der Waals surface area contributed by atoms with Gasteiger partial charge in [0.15, 0.2) is 0 Å². The third-order valence-corrected chi connectivity index (χ3v) is 3.77. The number of aryl methyl sites for hydroxylation is 1. The summed E-state index contributed by atoms with van der Waals surface area (Å²) in [5.74, 6) is -1.18. The standard InChI is InChI=1S/C15H16F2N4O/c1-20-4-3-19-14(20)13-9-18-2-5-21(13)15(22)10-6-11(16)8-12(17)7-10/h3-4,6-8,13,18H,2,5,9H2,1H3. The summed E-state index contributed by atoms with van der Waals surface area (Å²) in [5.41, 5.74) is 0.0126. The number of amides is 1. The first kappa shape index (κ1) is 14.6. The van der Waals surface area contributed by atoms with Crippen LogP contribution in [0.2, 0.25) is 0 Å². The van der Waals surface area contributed by atoms with E-state index >= 15 is 0 Å². The number of imidazole rings is 1. The van der Waals surface area contributed by atoms with Gasteiger partial charge in [-0.2, -0.15) is 0 Å². The van der Waals surface area contributed by atoms with Crippen molar-refractivity contribution in [2.75, 3.05) is 19.6 Å². The molecule has 1 aliphatic rings. The quantitative estimate of drug-likeness (QED) is 0.914. The zero-order valence-corrected chi connectivity index (χ0v) is 12.1. The molecular weight excluding hydrogens is 290 g/mol. The maximum atomic E-state index is 13.4. The predicted molar refractivity (Wildman–Crippen MR) is 76.2 cm³/mol. The van der Waals surface area contributed by atoms with E-state index in [2.05, 4.69) is 10.3 Å². The van der Waals surface area contributed by atoms with E-state index in [9.17, 15) is 13.6 Å². The van der Waals surface area contributed by atoms with Gasteiger partial charge in [0.2, 0.25) is 0 Å². The Morgan fingerprint density at radius 2 is 2.05 bits per heavy atom. The Balaban J connectivity index is 1.93. The molecule has 0 aliphatic carbocycles. The van der Waals surface area contributed by atoms with Crippen LogP contribution in [0.1, 0.15) is 22.2 Å². The highest BCUT2D eigenvalue weighted by Crippen LogP contribution is 2.23. The van der Waals surface area contributed by atoms with Gasteiger partial charge in [0.05, 0.1) is 0 Å². The van der Waals surface area contributed by atoms with Gasteiger partial charge in [-0.1, -0.05) is 0 Å². The first-order valence-corrected chi connectivity index (χ1v) is 7.01. The molecule has 1 atom stereocenters. The van der Waals surface area contributed by atoms with Crippen LogP contribution in [0.15, 0.2) is 30.6 Å². The van der Waals surface area contributed by atoms with E-state index in [4.69, 9.17) is 0 Å². The molecule has 2 heterocycles. The van der Waals surface area contributed by atoms with Gasteiger partial charge in [-0.25, -0.2) is 13.8 Å². The fourth-order valence-corrected chi connectivity index (χ4v) is 2.72. The van der Waals surface area contributed by atoms with E-state index in [0.29, 0.717) is 19.6 Å². The molecule has 1 aromatic heterocycles. The van der Waals surface area contributed by atoms with Crippen LogP contribution < -0.4 is 5.32 Å². The Labute approximate surface area is 126 Å². The second kappa shape index (κ2) is 5.84. The number of carbonyl (C=O) groups excluding carboxylic acids is 1. The van der Waals surface area contributed by atoms with Crippen LogP contribution in [0, 0.1) is 11.6 Å². The minimum Gasteiger partial charge on any atom is -0.336 e. The third kappa shape index (κ3) is 2.71. The number of aromatic nitrogens is 2. The van der Waals surface area contributed by atoms with Gasteiger partial charge in [-0.05, 0) is 12.1 Å². The highest BCUT2D eigenvalue weighted by molar-refractivity contribution is 5.94. The van der Waals surface area contributed by atoms with Crippen molar-refractivity contribution >= 4 is 5.91 Å². The normalized spacial score (nSPS) is 18.5. The molecule has 0 spiro atoms. The summed E-state index contributed by atoms with van der Waals surface area (Å²) < 4.78 is 28.5. The summed E-state index contributed by atoms with van der Waals surface area (Å²) in [6, 6.07) is 2.60. The SMILES string of the molecule is Cn1ccnc1C1CNCCN1C(=O)c1cc(F)cc(F)c1. The number of piperazine rings is 1. The summed E-state index contributed by atoms with van der Waals surface area (Å²) in [5, 5.41) is 3.21. The van der Waals surface area contributed by atoms with Crippen LogP contribution in [0.3, 0.4) is 0 Å². The lowest BCUT2D eigenvalue weighted by molar-refractivity contribution is 0.0620. The zero-order chi connectivity index (χ0) is 15.7. The largest absolute Gasteiger partial charge is 0.336 e. The molecule has 1 aliphatic heterocycles. The molecule has 7 heteroatoms. The number of rotatable bonds is 2. The summed E-state index contributed by atoms with van der Waals surface area (Å²) in [4.78, 5) is 18.5. The van der Waals surface area contributed by atoms with Crippen molar-refractivity contribution in [3.05, 3.63) is 53.6 Å². The Bertz CT molecular complexity index is 680. The number of benzene rings is 1. The molecule has 0 saturated carbocycles. The summed E-state index contributed by atoms with van der Waals surface area (Å²) in [6.45, 7) is 1.63. The molecule has 1 aromatic carbocycles. The third-order valence-electron chi connectivity index (χ3n) is 3.77. The summed E-state index contributed by atoms with van der Waals surface area (Å²) >= 11 is 0. The molecule has 116 valence electrons. The number of hydrogen-bond donors (Lipinski definition) is 1. The first-order chi connectivity index (χ1) is 10.6. The van der Waals surface area contributed by atoms with Gasteiger partial charge in [-0.3, -0.25) is 4.79 Å². The number of hydrogen-bond acceptors (Lipinski definition) is 3. The Morgan fingerprint density at radius 1 is 1.32 bits per heavy atom. The lowest BCUT2D eigenvalue weighted by Crippen LogP contribution is -2.49. The average Bonchev–Trinajstić information content (AvgIpc) is 2.91. The van der Waals surface area contributed by atoms with E-state index in [1.165, 1.54) is 0 Å². The molecule has 0 bridgehead atoms. The predicted octanol–water partition coefficient (Wildman–Crippen LogP) is 1.49. The van der Waals surface area contributed by atoms with Crippen molar-refractivity contribution in [1.82, 2.24) is 19.8 Å². The maximum absolute atomic E-state index is 13.4. The van der Waals surface area contributed by atoms with Crippen LogP contribution in [0.25, 0.3) is 0 Å². The van der Waals surface area contributed by atoms with Crippen LogP contribution >= 0.6 is 0 Å². The molecule has 0 radical (unpaired) electrons. The summed E-state index contributed by atoms with van der Waals surface area (Å²) in [7, 11) is 1.85. The molecule has 5 nitrogen and oxygen atoms in total. The van der Waals surface area contributed by atoms with E-state index in [1.807, 2.05) is 11.6 Å². The minimum atomic E-state index is -0.757. The maximum Gasteiger partial charge on any atom is 0.254 e. The number of nitrogens with zero attached hydrogens (tertiary/aromatic N) is 3. The van der Waals surface area contributed by atoms with Gasteiger partial charge in [0, 0.05) is 50.7 Å². The monoisotopic (exact) mass is 306 g/mol.